The summed E-state index contributed by atoms with van der Waals surface area (Å²) in [4.78, 5) is 0. The molecule has 17 heavy (non-hydrogen) atoms. The van der Waals surface area contributed by atoms with Crippen LogP contribution in [0.25, 0.3) is 0 Å². The van der Waals surface area contributed by atoms with Gasteiger partial charge in [0.2, 0.25) is 5.16 Å². The van der Waals surface area contributed by atoms with Crippen LogP contribution in [0.3, 0.4) is 0 Å². The van der Waals surface area contributed by atoms with E-state index < -0.39 is 0 Å². The Kier molecular flexibility index (Phi) is 4.79. The maximum atomic E-state index is 4.08. The van der Waals surface area contributed by atoms with Gasteiger partial charge in [0, 0.05) is 11.8 Å². The molecule has 1 unspecified atom stereocenters. The maximum absolute atomic E-state index is 4.08. The third kappa shape index (κ3) is 3.67. The molecule has 0 aromatic carbocycles. The minimum Gasteiger partial charge on any atom is -0.317 e. The second-order valence-corrected chi connectivity index (χ2v) is 5.58. The lowest BCUT2D eigenvalue weighted by atomic mass is 10.1. The first-order valence-corrected chi connectivity index (χ1v) is 7.41. The average Bonchev–Trinajstić information content (AvgIpc) is 3.09. The van der Waals surface area contributed by atoms with Crippen molar-refractivity contribution in [3.8, 4) is 0 Å². The van der Waals surface area contributed by atoms with E-state index in [1.165, 1.54) is 32.1 Å². The normalized spacial score (nSPS) is 17.3. The van der Waals surface area contributed by atoms with Crippen LogP contribution in [-0.2, 0) is 0 Å². The van der Waals surface area contributed by atoms with Gasteiger partial charge >= 0.3 is 0 Å². The van der Waals surface area contributed by atoms with Crippen molar-refractivity contribution in [1.82, 2.24) is 25.5 Å². The van der Waals surface area contributed by atoms with Gasteiger partial charge in [-0.2, -0.15) is 0 Å². The Morgan fingerprint density at radius 1 is 1.53 bits per heavy atom. The second kappa shape index (κ2) is 6.35. The summed E-state index contributed by atoms with van der Waals surface area (Å²) < 4.78 is 1.99. The highest BCUT2D eigenvalue weighted by Crippen LogP contribution is 2.36. The summed E-state index contributed by atoms with van der Waals surface area (Å²) in [6, 6.07) is 1.23. The summed E-state index contributed by atoms with van der Waals surface area (Å²) in [5, 5.41) is 16.2. The van der Waals surface area contributed by atoms with E-state index in [2.05, 4.69) is 27.8 Å². The number of hydrogen-bond acceptors (Lipinski definition) is 5. The zero-order chi connectivity index (χ0) is 12.1. The van der Waals surface area contributed by atoms with Gasteiger partial charge in [0.15, 0.2) is 0 Å². The molecule has 0 bridgehead atoms. The van der Waals surface area contributed by atoms with E-state index in [0.717, 1.165) is 10.9 Å². The Hall–Kier alpha value is -0.620. The molecule has 6 heteroatoms. The zero-order valence-corrected chi connectivity index (χ0v) is 11.4. The van der Waals surface area contributed by atoms with Gasteiger partial charge in [-0.1, -0.05) is 18.7 Å². The summed E-state index contributed by atoms with van der Waals surface area (Å²) in [6.45, 7) is 2.22. The first-order valence-electron chi connectivity index (χ1n) is 6.43. The standard InChI is InChI=1S/C11H21N5S/c1-3-9(12-2)5-4-8-17-11-13-14-15-16(11)10-6-7-10/h9-10,12H,3-8H2,1-2H3. The van der Waals surface area contributed by atoms with Gasteiger partial charge in [-0.25, -0.2) is 4.68 Å². The second-order valence-electron chi connectivity index (χ2n) is 4.52. The van der Waals surface area contributed by atoms with Crippen LogP contribution in [0.4, 0.5) is 0 Å². The van der Waals surface area contributed by atoms with E-state index in [9.17, 15) is 0 Å². The van der Waals surface area contributed by atoms with Crippen LogP contribution < -0.4 is 5.32 Å². The largest absolute Gasteiger partial charge is 0.317 e. The van der Waals surface area contributed by atoms with E-state index in [0.29, 0.717) is 12.1 Å². The fourth-order valence-electron chi connectivity index (χ4n) is 1.87. The minimum absolute atomic E-state index is 0.577. The molecule has 96 valence electrons. The van der Waals surface area contributed by atoms with Crippen molar-refractivity contribution in [2.75, 3.05) is 12.8 Å². The number of tetrazole rings is 1. The molecular weight excluding hydrogens is 234 g/mol. The Bertz CT molecular complexity index is 332. The minimum atomic E-state index is 0.577. The first kappa shape index (κ1) is 12.8. The van der Waals surface area contributed by atoms with Crippen molar-refractivity contribution in [3.63, 3.8) is 0 Å². The summed E-state index contributed by atoms with van der Waals surface area (Å²) in [5.41, 5.74) is 0. The molecule has 1 aromatic heterocycles. The highest BCUT2D eigenvalue weighted by atomic mass is 32.2. The van der Waals surface area contributed by atoms with E-state index in [4.69, 9.17) is 0 Å². The lowest BCUT2D eigenvalue weighted by Gasteiger charge is -2.12. The van der Waals surface area contributed by atoms with Gasteiger partial charge in [0.05, 0.1) is 6.04 Å². The summed E-state index contributed by atoms with van der Waals surface area (Å²) in [7, 11) is 2.04. The highest BCUT2D eigenvalue weighted by molar-refractivity contribution is 7.99. The monoisotopic (exact) mass is 255 g/mol. The maximum Gasteiger partial charge on any atom is 0.209 e. The van der Waals surface area contributed by atoms with E-state index in [1.807, 2.05) is 11.7 Å². The van der Waals surface area contributed by atoms with Gasteiger partial charge in [0.1, 0.15) is 0 Å². The molecule has 0 spiro atoms. The molecule has 2 rings (SSSR count). The number of nitrogens with zero attached hydrogens (tertiary/aromatic N) is 4. The van der Waals surface area contributed by atoms with Crippen molar-refractivity contribution in [1.29, 1.82) is 0 Å². The third-order valence-corrected chi connectivity index (χ3v) is 4.20. The number of nitrogens with one attached hydrogen (secondary N) is 1. The third-order valence-electron chi connectivity index (χ3n) is 3.18. The van der Waals surface area contributed by atoms with Crippen molar-refractivity contribution in [2.24, 2.45) is 0 Å². The topological polar surface area (TPSA) is 55.6 Å². The molecule has 0 amide bonds. The molecule has 1 N–H and O–H groups in total. The summed E-state index contributed by atoms with van der Waals surface area (Å²) >= 11 is 1.78. The van der Waals surface area contributed by atoms with Gasteiger partial charge < -0.3 is 5.32 Å². The van der Waals surface area contributed by atoms with E-state index in [1.54, 1.807) is 11.8 Å². The van der Waals surface area contributed by atoms with Crippen LogP contribution >= 0.6 is 11.8 Å². The van der Waals surface area contributed by atoms with E-state index >= 15 is 0 Å². The van der Waals surface area contributed by atoms with Crippen molar-refractivity contribution < 1.29 is 0 Å². The molecular formula is C11H21N5S. The molecule has 1 fully saturated rings. The first-order chi connectivity index (χ1) is 8.35. The Balaban J connectivity index is 1.69. The lowest BCUT2D eigenvalue weighted by molar-refractivity contribution is 0.504. The quantitative estimate of drug-likeness (QED) is 0.568. The number of thioether (sulfide) groups is 1. The summed E-state index contributed by atoms with van der Waals surface area (Å²) in [5.74, 6) is 1.10. The molecule has 1 aromatic rings. The fourth-order valence-corrected chi connectivity index (χ4v) is 2.78. The number of rotatable bonds is 8. The predicted octanol–water partition coefficient (Wildman–Crippen LogP) is 1.88. The van der Waals surface area contributed by atoms with Crippen LogP contribution in [-0.4, -0.2) is 39.0 Å². The number of hydrogen-bond donors (Lipinski definition) is 1. The van der Waals surface area contributed by atoms with Crippen molar-refractivity contribution in [2.45, 2.75) is 56.3 Å². The molecule has 1 aliphatic carbocycles. The molecule has 0 aliphatic heterocycles. The smallest absolute Gasteiger partial charge is 0.209 e. The fraction of sp³-hybridized carbons (Fsp3) is 0.909. The van der Waals surface area contributed by atoms with Crippen LogP contribution in [0.15, 0.2) is 5.16 Å². The lowest BCUT2D eigenvalue weighted by Crippen LogP contribution is -2.23. The molecule has 1 heterocycles. The number of aromatic nitrogens is 4. The van der Waals surface area contributed by atoms with Gasteiger partial charge in [-0.15, -0.1) is 5.10 Å². The Labute approximate surface area is 107 Å². The Morgan fingerprint density at radius 2 is 2.35 bits per heavy atom. The Morgan fingerprint density at radius 3 is 3.00 bits per heavy atom. The average molecular weight is 255 g/mol. The van der Waals surface area contributed by atoms with Crippen LogP contribution in [0.2, 0.25) is 0 Å². The van der Waals surface area contributed by atoms with E-state index in [-0.39, 0.29) is 0 Å². The van der Waals surface area contributed by atoms with Crippen LogP contribution in [0, 0.1) is 0 Å². The van der Waals surface area contributed by atoms with Crippen molar-refractivity contribution >= 4 is 11.8 Å². The highest BCUT2D eigenvalue weighted by Gasteiger charge is 2.27. The van der Waals surface area contributed by atoms with Crippen LogP contribution in [0.5, 0.6) is 0 Å². The van der Waals surface area contributed by atoms with Gasteiger partial charge in [-0.3, -0.25) is 0 Å². The van der Waals surface area contributed by atoms with Crippen molar-refractivity contribution in [3.05, 3.63) is 0 Å². The molecule has 1 atom stereocenters. The SMILES string of the molecule is CCC(CCCSc1nnnn1C1CC1)NC. The zero-order valence-electron chi connectivity index (χ0n) is 10.6. The predicted molar refractivity (Wildman–Crippen MR) is 69.2 cm³/mol. The van der Waals surface area contributed by atoms with Gasteiger partial charge in [0.25, 0.3) is 0 Å². The summed E-state index contributed by atoms with van der Waals surface area (Å²) in [6.07, 6.45) is 6.10. The van der Waals surface area contributed by atoms with Gasteiger partial charge in [-0.05, 0) is 49.6 Å². The molecule has 1 aliphatic rings. The molecule has 5 nitrogen and oxygen atoms in total. The molecule has 0 saturated heterocycles. The molecule has 1 saturated carbocycles. The molecule has 0 radical (unpaired) electrons. The van der Waals surface area contributed by atoms with Crippen LogP contribution in [0.1, 0.15) is 45.1 Å².